The van der Waals surface area contributed by atoms with E-state index in [1.807, 2.05) is 19.9 Å². The number of amides is 1. The normalized spacial score (nSPS) is 10.2. The molecule has 1 rings (SSSR count). The molecule has 2 N–H and O–H groups in total. The van der Waals surface area contributed by atoms with Crippen molar-refractivity contribution in [1.82, 2.24) is 4.90 Å². The molecule has 0 radical (unpaired) electrons. The van der Waals surface area contributed by atoms with Gasteiger partial charge >= 0.3 is 0 Å². The van der Waals surface area contributed by atoms with E-state index in [1.54, 1.807) is 26.2 Å². The molecule has 1 aromatic carbocycles. The van der Waals surface area contributed by atoms with E-state index in [1.165, 1.54) is 0 Å². The average molecular weight is 266 g/mol. The minimum absolute atomic E-state index is 0.000788. The summed E-state index contributed by atoms with van der Waals surface area (Å²) in [5.74, 6) is 1.47. The molecule has 0 spiro atoms. The first-order valence-corrected chi connectivity index (χ1v) is 6.11. The van der Waals surface area contributed by atoms with E-state index in [0.29, 0.717) is 6.54 Å². The molecule has 1 aromatic rings. The summed E-state index contributed by atoms with van der Waals surface area (Å²) in [6.45, 7) is 4.40. The van der Waals surface area contributed by atoms with Crippen LogP contribution in [0, 0.1) is 13.8 Å². The Hall–Kier alpha value is -1.75. The lowest BCUT2D eigenvalue weighted by atomic mass is 10.0. The van der Waals surface area contributed by atoms with E-state index in [2.05, 4.69) is 0 Å². The van der Waals surface area contributed by atoms with Gasteiger partial charge in [-0.15, -0.1) is 0 Å². The zero-order chi connectivity index (χ0) is 14.6. The quantitative estimate of drug-likeness (QED) is 0.871. The standard InChI is InChI=1S/C14H22N2O3/c1-9-10(2)14(19-5)11(6-12(9)18-4)8-16(3)13(17)7-15/h6H,7-8,15H2,1-5H3. The first-order valence-electron chi connectivity index (χ1n) is 6.11. The van der Waals surface area contributed by atoms with Gasteiger partial charge < -0.3 is 20.1 Å². The summed E-state index contributed by atoms with van der Waals surface area (Å²) in [6, 6.07) is 1.90. The Bertz CT molecular complexity index is 472. The van der Waals surface area contributed by atoms with Gasteiger partial charge in [-0.25, -0.2) is 0 Å². The minimum Gasteiger partial charge on any atom is -0.496 e. The summed E-state index contributed by atoms with van der Waals surface area (Å²) in [5.41, 5.74) is 8.33. The van der Waals surface area contributed by atoms with Gasteiger partial charge in [0.1, 0.15) is 11.5 Å². The smallest absolute Gasteiger partial charge is 0.236 e. The van der Waals surface area contributed by atoms with Crippen molar-refractivity contribution in [2.45, 2.75) is 20.4 Å². The Morgan fingerprint density at radius 1 is 1.26 bits per heavy atom. The number of carbonyl (C=O) groups is 1. The van der Waals surface area contributed by atoms with Crippen molar-refractivity contribution in [3.05, 3.63) is 22.8 Å². The average Bonchev–Trinajstić information content (AvgIpc) is 2.41. The number of ether oxygens (including phenoxy) is 2. The van der Waals surface area contributed by atoms with Crippen LogP contribution < -0.4 is 15.2 Å². The summed E-state index contributed by atoms with van der Waals surface area (Å²) in [7, 11) is 4.98. The molecule has 106 valence electrons. The van der Waals surface area contributed by atoms with E-state index in [0.717, 1.165) is 28.2 Å². The van der Waals surface area contributed by atoms with Crippen LogP contribution in [0.3, 0.4) is 0 Å². The fourth-order valence-electron chi connectivity index (χ4n) is 2.04. The van der Waals surface area contributed by atoms with Crippen LogP contribution in [0.1, 0.15) is 16.7 Å². The van der Waals surface area contributed by atoms with Gasteiger partial charge in [0, 0.05) is 19.2 Å². The van der Waals surface area contributed by atoms with Crippen LogP contribution >= 0.6 is 0 Å². The van der Waals surface area contributed by atoms with Crippen LogP contribution in [0.25, 0.3) is 0 Å². The predicted molar refractivity (Wildman–Crippen MR) is 74.5 cm³/mol. The molecule has 0 aliphatic heterocycles. The molecule has 5 heteroatoms. The highest BCUT2D eigenvalue weighted by atomic mass is 16.5. The molecule has 0 aliphatic carbocycles. The van der Waals surface area contributed by atoms with Crippen LogP contribution in [0.2, 0.25) is 0 Å². The first-order chi connectivity index (χ1) is 8.96. The Kier molecular flexibility index (Phi) is 5.18. The van der Waals surface area contributed by atoms with E-state index < -0.39 is 0 Å². The molecule has 0 fully saturated rings. The number of hydrogen-bond donors (Lipinski definition) is 1. The van der Waals surface area contributed by atoms with Crippen molar-refractivity contribution >= 4 is 5.91 Å². The van der Waals surface area contributed by atoms with Crippen LogP contribution in [0.15, 0.2) is 6.07 Å². The zero-order valence-corrected chi connectivity index (χ0v) is 12.2. The number of rotatable bonds is 5. The zero-order valence-electron chi connectivity index (χ0n) is 12.2. The molecule has 0 bridgehead atoms. The van der Waals surface area contributed by atoms with Gasteiger partial charge in [-0.1, -0.05) is 0 Å². The fraction of sp³-hybridized carbons (Fsp3) is 0.500. The highest BCUT2D eigenvalue weighted by molar-refractivity contribution is 5.77. The molecular formula is C14H22N2O3. The molecule has 19 heavy (non-hydrogen) atoms. The fourth-order valence-corrected chi connectivity index (χ4v) is 2.04. The van der Waals surface area contributed by atoms with Crippen LogP contribution in [-0.2, 0) is 11.3 Å². The van der Waals surface area contributed by atoms with Crippen LogP contribution in [-0.4, -0.2) is 38.6 Å². The molecular weight excluding hydrogens is 244 g/mol. The highest BCUT2D eigenvalue weighted by Gasteiger charge is 2.16. The molecule has 0 heterocycles. The molecule has 0 unspecified atom stereocenters. The Morgan fingerprint density at radius 2 is 1.89 bits per heavy atom. The summed E-state index contributed by atoms with van der Waals surface area (Å²) >= 11 is 0. The highest BCUT2D eigenvalue weighted by Crippen LogP contribution is 2.33. The van der Waals surface area contributed by atoms with Crippen molar-refractivity contribution in [3.8, 4) is 11.5 Å². The van der Waals surface area contributed by atoms with E-state index in [4.69, 9.17) is 15.2 Å². The molecule has 0 saturated heterocycles. The van der Waals surface area contributed by atoms with Gasteiger partial charge in [-0.05, 0) is 31.0 Å². The molecule has 0 aliphatic rings. The molecule has 0 atom stereocenters. The topological polar surface area (TPSA) is 64.8 Å². The number of likely N-dealkylation sites (N-methyl/N-ethyl adjacent to an activating group) is 1. The van der Waals surface area contributed by atoms with E-state index >= 15 is 0 Å². The Labute approximate surface area is 114 Å². The molecule has 5 nitrogen and oxygen atoms in total. The lowest BCUT2D eigenvalue weighted by Crippen LogP contribution is -2.32. The largest absolute Gasteiger partial charge is 0.496 e. The third-order valence-electron chi connectivity index (χ3n) is 3.30. The summed E-state index contributed by atoms with van der Waals surface area (Å²) in [5, 5.41) is 0. The third-order valence-corrected chi connectivity index (χ3v) is 3.30. The van der Waals surface area contributed by atoms with Gasteiger partial charge in [0.25, 0.3) is 0 Å². The van der Waals surface area contributed by atoms with Gasteiger partial charge in [0.15, 0.2) is 0 Å². The van der Waals surface area contributed by atoms with Gasteiger partial charge in [0.2, 0.25) is 5.91 Å². The number of nitrogens with two attached hydrogens (primary N) is 1. The van der Waals surface area contributed by atoms with Crippen molar-refractivity contribution in [2.75, 3.05) is 27.8 Å². The van der Waals surface area contributed by atoms with Gasteiger partial charge in [-0.2, -0.15) is 0 Å². The maximum atomic E-state index is 11.6. The van der Waals surface area contributed by atoms with Gasteiger partial charge in [0.05, 0.1) is 20.8 Å². The van der Waals surface area contributed by atoms with Crippen molar-refractivity contribution in [1.29, 1.82) is 0 Å². The number of hydrogen-bond acceptors (Lipinski definition) is 4. The van der Waals surface area contributed by atoms with Crippen molar-refractivity contribution < 1.29 is 14.3 Å². The van der Waals surface area contributed by atoms with Gasteiger partial charge in [-0.3, -0.25) is 4.79 Å². The second-order valence-electron chi connectivity index (χ2n) is 4.48. The second-order valence-corrected chi connectivity index (χ2v) is 4.48. The molecule has 0 saturated carbocycles. The summed E-state index contributed by atoms with van der Waals surface area (Å²) in [6.07, 6.45) is 0. The number of methoxy groups -OCH3 is 2. The first kappa shape index (κ1) is 15.3. The number of carbonyl (C=O) groups excluding carboxylic acids is 1. The third kappa shape index (κ3) is 3.17. The van der Waals surface area contributed by atoms with Crippen molar-refractivity contribution in [3.63, 3.8) is 0 Å². The van der Waals surface area contributed by atoms with E-state index in [-0.39, 0.29) is 12.5 Å². The maximum absolute atomic E-state index is 11.6. The summed E-state index contributed by atoms with van der Waals surface area (Å²) < 4.78 is 10.8. The van der Waals surface area contributed by atoms with Crippen molar-refractivity contribution in [2.24, 2.45) is 5.73 Å². The monoisotopic (exact) mass is 266 g/mol. The van der Waals surface area contributed by atoms with E-state index in [9.17, 15) is 4.79 Å². The number of nitrogens with zero attached hydrogens (tertiary/aromatic N) is 1. The molecule has 0 aromatic heterocycles. The predicted octanol–water partition coefficient (Wildman–Crippen LogP) is 1.24. The number of benzene rings is 1. The SMILES string of the molecule is COc1cc(CN(C)C(=O)CN)c(OC)c(C)c1C. The maximum Gasteiger partial charge on any atom is 0.236 e. The summed E-state index contributed by atoms with van der Waals surface area (Å²) in [4.78, 5) is 13.1. The minimum atomic E-state index is -0.112. The Balaban J connectivity index is 3.19. The van der Waals surface area contributed by atoms with Crippen LogP contribution in [0.4, 0.5) is 0 Å². The second kappa shape index (κ2) is 6.43. The molecule has 1 amide bonds. The van der Waals surface area contributed by atoms with Crippen LogP contribution in [0.5, 0.6) is 11.5 Å². The Morgan fingerprint density at radius 3 is 2.37 bits per heavy atom. The lowest BCUT2D eigenvalue weighted by molar-refractivity contribution is -0.128. The lowest BCUT2D eigenvalue weighted by Gasteiger charge is -2.21.